The number of aliphatic hydroxyl groups is 1. The van der Waals surface area contributed by atoms with Gasteiger partial charge in [0, 0.05) is 52.4 Å². The molecule has 0 aliphatic carbocycles. The molecule has 4 rings (SSSR count). The number of aliphatic hydroxyl groups excluding tert-OH is 1. The van der Waals surface area contributed by atoms with Crippen molar-refractivity contribution in [2.45, 2.75) is 50.4 Å². The zero-order valence-corrected chi connectivity index (χ0v) is 23.0. The molecule has 4 aliphatic heterocycles. The van der Waals surface area contributed by atoms with E-state index in [0.29, 0.717) is 58.8 Å². The monoisotopic (exact) mass is 532 g/mol. The first-order chi connectivity index (χ1) is 18.3. The summed E-state index contributed by atoms with van der Waals surface area (Å²) in [7, 11) is 0. The molecule has 2 unspecified atom stereocenters. The van der Waals surface area contributed by atoms with Crippen LogP contribution in [0.1, 0.15) is 33.1 Å². The maximum absolute atomic E-state index is 14.3. The van der Waals surface area contributed by atoms with E-state index < -0.39 is 29.1 Å². The maximum Gasteiger partial charge on any atom is 0.248 e. The topological polar surface area (TPSA) is 103 Å². The number of carbonyl (C=O) groups is 3. The molecular weight excluding hydrogens is 488 g/mol. The van der Waals surface area contributed by atoms with E-state index in [0.717, 1.165) is 19.5 Å². The second-order valence-corrected chi connectivity index (χ2v) is 11.1. The first-order valence-corrected chi connectivity index (χ1v) is 14.0. The Kier molecular flexibility index (Phi) is 8.96. The molecule has 212 valence electrons. The van der Waals surface area contributed by atoms with E-state index in [9.17, 15) is 19.5 Å². The number of likely N-dealkylation sites (tertiary alicyclic amines) is 1. The highest BCUT2D eigenvalue weighted by atomic mass is 16.5. The lowest BCUT2D eigenvalue weighted by molar-refractivity contribution is -0.153. The zero-order chi connectivity index (χ0) is 27.5. The highest BCUT2D eigenvalue weighted by molar-refractivity contribution is 5.99. The number of ether oxygens (including phenoxy) is 2. The number of hydrogen-bond acceptors (Lipinski definition) is 7. The molecule has 10 heteroatoms. The molecule has 4 heterocycles. The summed E-state index contributed by atoms with van der Waals surface area (Å²) in [5, 5.41) is 9.86. The molecule has 10 nitrogen and oxygen atoms in total. The van der Waals surface area contributed by atoms with Crippen molar-refractivity contribution < 1.29 is 29.0 Å². The Labute approximate surface area is 226 Å². The molecule has 1 N–H and O–H groups in total. The van der Waals surface area contributed by atoms with Gasteiger partial charge in [-0.25, -0.2) is 0 Å². The van der Waals surface area contributed by atoms with Crippen LogP contribution in [0.5, 0.6) is 0 Å². The van der Waals surface area contributed by atoms with Crippen molar-refractivity contribution in [1.29, 1.82) is 0 Å². The normalized spacial score (nSPS) is 32.3. The summed E-state index contributed by atoms with van der Waals surface area (Å²) in [5.74, 6) is -2.06. The summed E-state index contributed by atoms with van der Waals surface area (Å²) in [6.45, 7) is 16.7. The highest BCUT2D eigenvalue weighted by Crippen LogP contribution is 2.63. The van der Waals surface area contributed by atoms with Crippen LogP contribution in [0, 0.1) is 11.8 Å². The van der Waals surface area contributed by atoms with E-state index in [-0.39, 0.29) is 30.9 Å². The van der Waals surface area contributed by atoms with Crippen LogP contribution < -0.4 is 0 Å². The van der Waals surface area contributed by atoms with Gasteiger partial charge in [-0.15, -0.1) is 13.2 Å². The summed E-state index contributed by atoms with van der Waals surface area (Å²) in [5.41, 5.74) is -1.92. The molecule has 0 aromatic heterocycles. The fourth-order valence-electron chi connectivity index (χ4n) is 7.05. The molecule has 4 fully saturated rings. The average Bonchev–Trinajstić information content (AvgIpc) is 3.47. The van der Waals surface area contributed by atoms with Gasteiger partial charge in [0.25, 0.3) is 0 Å². The van der Waals surface area contributed by atoms with Crippen molar-refractivity contribution in [2.75, 3.05) is 72.2 Å². The Hall–Kier alpha value is -2.27. The van der Waals surface area contributed by atoms with Crippen LogP contribution in [0.25, 0.3) is 0 Å². The van der Waals surface area contributed by atoms with Gasteiger partial charge in [0.1, 0.15) is 11.6 Å². The van der Waals surface area contributed by atoms with Crippen molar-refractivity contribution in [2.24, 2.45) is 11.8 Å². The van der Waals surface area contributed by atoms with E-state index in [4.69, 9.17) is 9.47 Å². The number of carbonyl (C=O) groups excluding carboxylic acids is 3. The van der Waals surface area contributed by atoms with Gasteiger partial charge in [0.2, 0.25) is 17.7 Å². The first-order valence-electron chi connectivity index (χ1n) is 14.0. The van der Waals surface area contributed by atoms with Crippen LogP contribution in [-0.4, -0.2) is 132 Å². The molecule has 0 radical (unpaired) electrons. The Morgan fingerprint density at radius 3 is 2.34 bits per heavy atom. The number of nitrogens with zero attached hydrogens (tertiary/aromatic N) is 4. The fraction of sp³-hybridized carbons (Fsp3) is 0.750. The van der Waals surface area contributed by atoms with E-state index in [2.05, 4.69) is 18.1 Å². The number of β-amino-alcohol motifs (C(OH)–C–C–N with tert-alkyl or cyclic N) is 1. The van der Waals surface area contributed by atoms with Crippen molar-refractivity contribution in [3.63, 3.8) is 0 Å². The van der Waals surface area contributed by atoms with Gasteiger partial charge in [0.05, 0.1) is 37.3 Å². The minimum absolute atomic E-state index is 0.0190. The van der Waals surface area contributed by atoms with Gasteiger partial charge in [-0.2, -0.15) is 0 Å². The minimum Gasteiger partial charge on any atom is -0.395 e. The van der Waals surface area contributed by atoms with Crippen LogP contribution in [0.15, 0.2) is 25.3 Å². The van der Waals surface area contributed by atoms with E-state index in [1.165, 1.54) is 4.90 Å². The Morgan fingerprint density at radius 2 is 1.74 bits per heavy atom. The molecule has 0 saturated carbocycles. The van der Waals surface area contributed by atoms with Crippen LogP contribution in [0.2, 0.25) is 0 Å². The number of rotatable bonds is 13. The predicted molar refractivity (Wildman–Crippen MR) is 142 cm³/mol. The van der Waals surface area contributed by atoms with Crippen molar-refractivity contribution in [1.82, 2.24) is 19.6 Å². The Morgan fingerprint density at radius 1 is 1.08 bits per heavy atom. The van der Waals surface area contributed by atoms with Gasteiger partial charge < -0.3 is 29.3 Å². The third kappa shape index (κ3) is 4.92. The van der Waals surface area contributed by atoms with Crippen molar-refractivity contribution >= 4 is 17.7 Å². The van der Waals surface area contributed by atoms with E-state index in [1.54, 1.807) is 22.0 Å². The summed E-state index contributed by atoms with van der Waals surface area (Å²) in [6, 6.07) is -0.893. The van der Waals surface area contributed by atoms with E-state index >= 15 is 0 Å². The lowest BCUT2D eigenvalue weighted by Gasteiger charge is -2.37. The molecule has 0 aromatic rings. The average molecular weight is 533 g/mol. The molecule has 3 amide bonds. The van der Waals surface area contributed by atoms with Crippen LogP contribution in [0.4, 0.5) is 0 Å². The second kappa shape index (κ2) is 11.9. The minimum atomic E-state index is -1.09. The summed E-state index contributed by atoms with van der Waals surface area (Å²) in [4.78, 5) is 49.4. The molecule has 5 atom stereocenters. The van der Waals surface area contributed by atoms with Crippen LogP contribution >= 0.6 is 0 Å². The van der Waals surface area contributed by atoms with Gasteiger partial charge in [-0.1, -0.05) is 19.1 Å². The Balaban J connectivity index is 1.65. The molecule has 0 aromatic carbocycles. The number of fused-ring (bicyclic) bond motifs is 1. The van der Waals surface area contributed by atoms with Crippen LogP contribution in [0.3, 0.4) is 0 Å². The van der Waals surface area contributed by atoms with Gasteiger partial charge in [0.15, 0.2) is 0 Å². The molecule has 2 bridgehead atoms. The van der Waals surface area contributed by atoms with Gasteiger partial charge in [-0.3, -0.25) is 19.3 Å². The first kappa shape index (κ1) is 28.7. The summed E-state index contributed by atoms with van der Waals surface area (Å²) >= 11 is 0. The summed E-state index contributed by atoms with van der Waals surface area (Å²) < 4.78 is 12.1. The quantitative estimate of drug-likeness (QED) is 0.345. The number of hydrogen-bond donors (Lipinski definition) is 1. The molecular formula is C28H44N4O6. The van der Waals surface area contributed by atoms with E-state index in [1.807, 2.05) is 13.8 Å². The zero-order valence-electron chi connectivity index (χ0n) is 23.0. The third-order valence-corrected chi connectivity index (χ3v) is 8.72. The van der Waals surface area contributed by atoms with Gasteiger partial charge >= 0.3 is 0 Å². The summed E-state index contributed by atoms with van der Waals surface area (Å²) in [6.07, 6.45) is 5.28. The molecule has 38 heavy (non-hydrogen) atoms. The smallest absolute Gasteiger partial charge is 0.248 e. The SMILES string of the molecule is C=CCN(CCN1CCOCC1)C(=O)C1N(CCO)C(=O)[C@@H]2[C@@H](C(=O)N(CC=C)CCC)[C@@]3(C)CCC12O3. The standard InChI is InChI=1S/C28H44N4O6/c1-5-10-30(11-6-2)24(34)21-22-25(35)32(15-18-33)23(28(22)9-8-27(21,4)38-28)26(36)31(12-7-3)14-13-29-16-19-37-20-17-29/h5,7,21-23,33H,1,3,6,8-20H2,2,4H3/t21-,22-,23?,27+,28?/m0/s1. The number of morpholine rings is 1. The maximum atomic E-state index is 14.3. The lowest BCUT2D eigenvalue weighted by atomic mass is 9.66. The Bertz CT molecular complexity index is 923. The third-order valence-electron chi connectivity index (χ3n) is 8.72. The van der Waals surface area contributed by atoms with Crippen molar-refractivity contribution in [3.8, 4) is 0 Å². The van der Waals surface area contributed by atoms with Gasteiger partial charge in [-0.05, 0) is 26.2 Å². The second-order valence-electron chi connectivity index (χ2n) is 11.1. The highest BCUT2D eigenvalue weighted by Gasteiger charge is 2.78. The molecule has 4 aliphatic rings. The molecule has 4 saturated heterocycles. The number of amides is 3. The molecule has 1 spiro atoms. The van der Waals surface area contributed by atoms with Crippen LogP contribution in [-0.2, 0) is 23.9 Å². The largest absolute Gasteiger partial charge is 0.395 e. The van der Waals surface area contributed by atoms with Crippen molar-refractivity contribution in [3.05, 3.63) is 25.3 Å². The predicted octanol–water partition coefficient (Wildman–Crippen LogP) is 0.515. The fourth-order valence-corrected chi connectivity index (χ4v) is 7.05. The lowest BCUT2D eigenvalue weighted by Crippen LogP contribution is -2.57.